The highest BCUT2D eigenvalue weighted by Gasteiger charge is 2.34. The van der Waals surface area contributed by atoms with Gasteiger partial charge >= 0.3 is 0 Å². The van der Waals surface area contributed by atoms with Crippen molar-refractivity contribution in [2.24, 2.45) is 0 Å². The first-order valence-corrected chi connectivity index (χ1v) is 9.39. The number of para-hydroxylation sites is 1. The predicted octanol–water partition coefficient (Wildman–Crippen LogP) is 2.00. The third-order valence-corrected chi connectivity index (χ3v) is 5.42. The number of ether oxygens (including phenoxy) is 1. The van der Waals surface area contributed by atoms with Crippen LogP contribution in [0, 0.1) is 0 Å². The van der Waals surface area contributed by atoms with Crippen molar-refractivity contribution in [3.8, 4) is 5.75 Å². The molecule has 7 nitrogen and oxygen atoms in total. The molecule has 1 aromatic carbocycles. The van der Waals surface area contributed by atoms with E-state index in [4.69, 9.17) is 9.15 Å². The van der Waals surface area contributed by atoms with Crippen LogP contribution in [-0.2, 0) is 16.6 Å². The molecule has 8 heteroatoms. The topological polar surface area (TPSA) is 88.9 Å². The predicted molar refractivity (Wildman–Crippen MR) is 90.8 cm³/mol. The molecule has 0 bridgehead atoms. The summed E-state index contributed by atoms with van der Waals surface area (Å²) < 4.78 is 36.1. The number of benzene rings is 1. The lowest BCUT2D eigenvalue weighted by molar-refractivity contribution is 0.0728. The van der Waals surface area contributed by atoms with Crippen molar-refractivity contribution >= 4 is 15.9 Å². The van der Waals surface area contributed by atoms with Crippen LogP contribution in [0.3, 0.4) is 0 Å². The molecule has 1 aromatic heterocycles. The van der Waals surface area contributed by atoms with Gasteiger partial charge in [-0.3, -0.25) is 4.79 Å². The van der Waals surface area contributed by atoms with E-state index in [2.05, 4.69) is 4.72 Å². The van der Waals surface area contributed by atoms with Crippen LogP contribution in [0.1, 0.15) is 28.8 Å². The average molecular weight is 364 g/mol. The minimum atomic E-state index is -3.72. The van der Waals surface area contributed by atoms with Gasteiger partial charge in [0.05, 0.1) is 12.7 Å². The Morgan fingerprint density at radius 2 is 2.08 bits per heavy atom. The summed E-state index contributed by atoms with van der Waals surface area (Å²) in [6, 6.07) is 8.93. The molecule has 0 radical (unpaired) electrons. The summed E-state index contributed by atoms with van der Waals surface area (Å²) in [5.41, 5.74) is 1.12. The Balaban J connectivity index is 1.85. The average Bonchev–Trinajstić information content (AvgIpc) is 3.33. The van der Waals surface area contributed by atoms with E-state index in [1.807, 2.05) is 24.3 Å². The van der Waals surface area contributed by atoms with E-state index in [0.717, 1.165) is 18.4 Å². The highest BCUT2D eigenvalue weighted by molar-refractivity contribution is 7.89. The molecule has 134 valence electrons. The number of carbonyl (C=O) groups is 1. The molecule has 1 N–H and O–H groups in total. The Labute approximate surface area is 146 Å². The number of nitrogens with zero attached hydrogens (tertiary/aromatic N) is 1. The molecule has 3 rings (SSSR count). The van der Waals surface area contributed by atoms with Gasteiger partial charge in [-0.25, -0.2) is 13.1 Å². The van der Waals surface area contributed by atoms with Gasteiger partial charge in [-0.1, -0.05) is 18.2 Å². The van der Waals surface area contributed by atoms with Gasteiger partial charge < -0.3 is 14.1 Å². The van der Waals surface area contributed by atoms with Gasteiger partial charge in [0.25, 0.3) is 15.9 Å². The summed E-state index contributed by atoms with van der Waals surface area (Å²) in [4.78, 5) is 14.6. The maximum atomic E-state index is 12.9. The van der Waals surface area contributed by atoms with Crippen LogP contribution in [0.2, 0.25) is 0 Å². The molecule has 1 fully saturated rings. The monoisotopic (exact) mass is 364 g/mol. The third kappa shape index (κ3) is 3.69. The Morgan fingerprint density at radius 3 is 2.72 bits per heavy atom. The maximum absolute atomic E-state index is 12.9. The lowest BCUT2D eigenvalue weighted by atomic mass is 10.1. The van der Waals surface area contributed by atoms with E-state index in [0.29, 0.717) is 12.3 Å². The molecule has 1 saturated carbocycles. The lowest BCUT2D eigenvalue weighted by Crippen LogP contribution is -2.32. The molecule has 1 heterocycles. The fraction of sp³-hybridized carbons (Fsp3) is 0.353. The SMILES string of the molecule is CNS(=O)(=O)c1cc(C(=O)N(Cc2ccccc2OC)C2CC2)co1. The van der Waals surface area contributed by atoms with Gasteiger partial charge in [0.2, 0.25) is 5.09 Å². The van der Waals surface area contributed by atoms with E-state index in [1.165, 1.54) is 19.4 Å². The summed E-state index contributed by atoms with van der Waals surface area (Å²) in [5.74, 6) is 0.460. The Bertz CT molecular complexity index is 871. The minimum Gasteiger partial charge on any atom is -0.496 e. The third-order valence-electron chi connectivity index (χ3n) is 4.14. The first kappa shape index (κ1) is 17.5. The van der Waals surface area contributed by atoms with Crippen molar-refractivity contribution in [2.45, 2.75) is 30.5 Å². The smallest absolute Gasteiger partial charge is 0.273 e. The van der Waals surface area contributed by atoms with Gasteiger partial charge in [0.15, 0.2) is 0 Å². The highest BCUT2D eigenvalue weighted by Crippen LogP contribution is 2.32. The molecular weight excluding hydrogens is 344 g/mol. The van der Waals surface area contributed by atoms with E-state index >= 15 is 0 Å². The van der Waals surface area contributed by atoms with Gasteiger partial charge in [-0.05, 0) is 26.0 Å². The molecule has 2 aromatic rings. The van der Waals surface area contributed by atoms with Crippen LogP contribution >= 0.6 is 0 Å². The second-order valence-electron chi connectivity index (χ2n) is 5.84. The summed E-state index contributed by atoms with van der Waals surface area (Å²) in [6.07, 6.45) is 3.05. The molecule has 0 spiro atoms. The van der Waals surface area contributed by atoms with Gasteiger partial charge in [-0.15, -0.1) is 0 Å². The van der Waals surface area contributed by atoms with Crippen molar-refractivity contribution < 1.29 is 22.4 Å². The second kappa shape index (κ2) is 6.89. The number of hydrogen-bond donors (Lipinski definition) is 1. The molecule has 1 amide bonds. The molecule has 0 unspecified atom stereocenters. The van der Waals surface area contributed by atoms with Crippen LogP contribution in [0.15, 0.2) is 46.1 Å². The molecule has 25 heavy (non-hydrogen) atoms. The molecule has 0 atom stereocenters. The second-order valence-corrected chi connectivity index (χ2v) is 7.66. The largest absolute Gasteiger partial charge is 0.496 e. The van der Waals surface area contributed by atoms with Crippen molar-refractivity contribution in [2.75, 3.05) is 14.2 Å². The molecule has 1 aliphatic carbocycles. The van der Waals surface area contributed by atoms with Crippen LogP contribution < -0.4 is 9.46 Å². The number of hydrogen-bond acceptors (Lipinski definition) is 5. The molecule has 0 aliphatic heterocycles. The van der Waals surface area contributed by atoms with E-state index < -0.39 is 10.0 Å². The van der Waals surface area contributed by atoms with Crippen LogP contribution in [0.5, 0.6) is 5.75 Å². The molecular formula is C17H20N2O5S. The number of methoxy groups -OCH3 is 1. The number of nitrogens with one attached hydrogen (secondary N) is 1. The highest BCUT2D eigenvalue weighted by atomic mass is 32.2. The summed E-state index contributed by atoms with van der Waals surface area (Å²) >= 11 is 0. The van der Waals surface area contributed by atoms with E-state index in [1.54, 1.807) is 12.0 Å². The Hall–Kier alpha value is -2.32. The zero-order chi connectivity index (χ0) is 18.0. The molecule has 1 aliphatic rings. The van der Waals surface area contributed by atoms with Crippen LogP contribution in [0.4, 0.5) is 0 Å². The maximum Gasteiger partial charge on any atom is 0.273 e. The fourth-order valence-corrected chi connectivity index (χ4v) is 3.26. The van der Waals surface area contributed by atoms with E-state index in [9.17, 15) is 13.2 Å². The minimum absolute atomic E-state index is 0.150. The van der Waals surface area contributed by atoms with Gasteiger partial charge in [0.1, 0.15) is 12.0 Å². The normalized spacial score (nSPS) is 14.3. The number of carbonyl (C=O) groups excluding carboxylic acids is 1. The quantitative estimate of drug-likeness (QED) is 0.812. The van der Waals surface area contributed by atoms with Gasteiger partial charge in [0, 0.05) is 24.2 Å². The fourth-order valence-electron chi connectivity index (χ4n) is 2.61. The Morgan fingerprint density at radius 1 is 1.36 bits per heavy atom. The first-order valence-electron chi connectivity index (χ1n) is 7.91. The summed E-state index contributed by atoms with van der Waals surface area (Å²) in [7, 11) is -0.839. The zero-order valence-corrected chi connectivity index (χ0v) is 14.9. The van der Waals surface area contributed by atoms with Gasteiger partial charge in [-0.2, -0.15) is 0 Å². The number of furan rings is 1. The summed E-state index contributed by atoms with van der Waals surface area (Å²) in [6.45, 7) is 0.396. The number of rotatable bonds is 7. The lowest BCUT2D eigenvalue weighted by Gasteiger charge is -2.23. The van der Waals surface area contributed by atoms with Crippen molar-refractivity contribution in [1.29, 1.82) is 0 Å². The standard InChI is InChI=1S/C17H20N2O5S/c1-18-25(21,22)16-9-13(11-24-16)17(20)19(14-7-8-14)10-12-5-3-4-6-15(12)23-2/h3-6,9,11,14,18H,7-8,10H2,1-2H3. The number of sulfonamides is 1. The zero-order valence-electron chi connectivity index (χ0n) is 14.1. The van der Waals surface area contributed by atoms with Crippen LogP contribution in [-0.4, -0.2) is 39.4 Å². The summed E-state index contributed by atoms with van der Waals surface area (Å²) in [5, 5.41) is -0.272. The Kier molecular flexibility index (Phi) is 4.82. The number of amides is 1. The van der Waals surface area contributed by atoms with Crippen molar-refractivity contribution in [1.82, 2.24) is 9.62 Å². The van der Waals surface area contributed by atoms with Crippen molar-refractivity contribution in [3.05, 3.63) is 47.7 Å². The van der Waals surface area contributed by atoms with Crippen LogP contribution in [0.25, 0.3) is 0 Å². The first-order chi connectivity index (χ1) is 12.0. The van der Waals surface area contributed by atoms with E-state index in [-0.39, 0.29) is 22.6 Å². The van der Waals surface area contributed by atoms with Crippen molar-refractivity contribution in [3.63, 3.8) is 0 Å². The molecule has 0 saturated heterocycles.